The zero-order valence-electron chi connectivity index (χ0n) is 15.8. The number of hydrogen-bond acceptors (Lipinski definition) is 4. The summed E-state index contributed by atoms with van der Waals surface area (Å²) in [5.41, 5.74) is 7.89. The highest BCUT2D eigenvalue weighted by molar-refractivity contribution is 5.90. The van der Waals surface area contributed by atoms with Gasteiger partial charge in [-0.25, -0.2) is 9.67 Å². The molecular formula is C19H29N5O. The van der Waals surface area contributed by atoms with Crippen molar-refractivity contribution in [3.63, 3.8) is 0 Å². The molecule has 1 heterocycles. The lowest BCUT2D eigenvalue weighted by atomic mass is 10.0. The fourth-order valence-corrected chi connectivity index (χ4v) is 2.92. The number of nitrogens with zero attached hydrogens (tertiary/aromatic N) is 3. The Balaban J connectivity index is 2.27. The number of amides is 1. The van der Waals surface area contributed by atoms with Gasteiger partial charge in [0.2, 0.25) is 5.82 Å². The van der Waals surface area contributed by atoms with Crippen molar-refractivity contribution in [1.82, 2.24) is 20.1 Å². The van der Waals surface area contributed by atoms with Crippen molar-refractivity contribution in [3.05, 3.63) is 41.5 Å². The summed E-state index contributed by atoms with van der Waals surface area (Å²) >= 11 is 0. The van der Waals surface area contributed by atoms with Gasteiger partial charge in [-0.1, -0.05) is 45.9 Å². The van der Waals surface area contributed by atoms with Crippen LogP contribution in [0, 0.1) is 12.8 Å². The van der Waals surface area contributed by atoms with E-state index in [0.717, 1.165) is 12.1 Å². The van der Waals surface area contributed by atoms with Gasteiger partial charge < -0.3 is 11.1 Å². The van der Waals surface area contributed by atoms with E-state index >= 15 is 0 Å². The second-order valence-corrected chi connectivity index (χ2v) is 7.14. The van der Waals surface area contributed by atoms with Crippen molar-refractivity contribution < 1.29 is 4.79 Å². The predicted molar refractivity (Wildman–Crippen MR) is 99.9 cm³/mol. The van der Waals surface area contributed by atoms with E-state index in [-0.39, 0.29) is 17.8 Å². The van der Waals surface area contributed by atoms with Gasteiger partial charge in [0.15, 0.2) is 0 Å². The Morgan fingerprint density at radius 3 is 2.52 bits per heavy atom. The van der Waals surface area contributed by atoms with Gasteiger partial charge in [0, 0.05) is 12.6 Å². The van der Waals surface area contributed by atoms with Crippen LogP contribution in [0.3, 0.4) is 0 Å². The molecule has 0 bridgehead atoms. The molecule has 0 aliphatic rings. The maximum Gasteiger partial charge on any atom is 0.291 e. The smallest absolute Gasteiger partial charge is 0.291 e. The average molecular weight is 343 g/mol. The van der Waals surface area contributed by atoms with Crippen LogP contribution in [-0.2, 0) is 0 Å². The summed E-state index contributed by atoms with van der Waals surface area (Å²) < 4.78 is 1.74. The van der Waals surface area contributed by atoms with E-state index in [0.29, 0.717) is 24.2 Å². The molecule has 0 aliphatic carbocycles. The quantitative estimate of drug-likeness (QED) is 0.809. The Bertz CT molecular complexity index is 720. The Morgan fingerprint density at radius 2 is 1.92 bits per heavy atom. The number of hydrogen-bond donors (Lipinski definition) is 2. The number of carbonyl (C=O) groups is 1. The summed E-state index contributed by atoms with van der Waals surface area (Å²) in [6.45, 7) is 10.7. The van der Waals surface area contributed by atoms with Crippen LogP contribution in [0.25, 0.3) is 5.69 Å². The summed E-state index contributed by atoms with van der Waals surface area (Å²) in [5.74, 6) is 1.40. The van der Waals surface area contributed by atoms with Crippen LogP contribution in [0.5, 0.6) is 0 Å². The molecule has 3 N–H and O–H groups in total. The lowest BCUT2D eigenvalue weighted by molar-refractivity contribution is 0.0923. The molecule has 0 radical (unpaired) electrons. The van der Waals surface area contributed by atoms with Gasteiger partial charge >= 0.3 is 0 Å². The maximum atomic E-state index is 12.5. The zero-order chi connectivity index (χ0) is 18.6. The highest BCUT2D eigenvalue weighted by atomic mass is 16.2. The van der Waals surface area contributed by atoms with Crippen LogP contribution in [0.4, 0.5) is 0 Å². The maximum absolute atomic E-state index is 12.5. The van der Waals surface area contributed by atoms with Crippen molar-refractivity contribution in [3.8, 4) is 5.69 Å². The van der Waals surface area contributed by atoms with Gasteiger partial charge in [-0.15, -0.1) is 5.10 Å². The molecule has 1 aromatic carbocycles. The van der Waals surface area contributed by atoms with Gasteiger partial charge in [0.25, 0.3) is 5.91 Å². The molecule has 6 nitrogen and oxygen atoms in total. The van der Waals surface area contributed by atoms with E-state index in [9.17, 15) is 4.79 Å². The molecule has 2 aromatic rings. The SMILES string of the molecule is Cc1nc(C(=O)NC(CN)CC(C)C)nn1-c1ccccc1C(C)C. The monoisotopic (exact) mass is 343 g/mol. The van der Waals surface area contributed by atoms with Crippen molar-refractivity contribution in [1.29, 1.82) is 0 Å². The number of aryl methyl sites for hydroxylation is 1. The molecule has 25 heavy (non-hydrogen) atoms. The second-order valence-electron chi connectivity index (χ2n) is 7.14. The first-order chi connectivity index (χ1) is 11.8. The number of carbonyl (C=O) groups excluding carboxylic acids is 1. The molecule has 2 rings (SSSR count). The third-order valence-corrected chi connectivity index (χ3v) is 4.13. The Hall–Kier alpha value is -2.21. The third-order valence-electron chi connectivity index (χ3n) is 4.13. The number of benzene rings is 1. The molecule has 0 saturated carbocycles. The van der Waals surface area contributed by atoms with Gasteiger partial charge in [-0.2, -0.15) is 0 Å². The minimum atomic E-state index is -0.278. The summed E-state index contributed by atoms with van der Waals surface area (Å²) in [7, 11) is 0. The van der Waals surface area contributed by atoms with E-state index in [1.807, 2.05) is 25.1 Å². The number of nitrogens with one attached hydrogen (secondary N) is 1. The van der Waals surface area contributed by atoms with Crippen molar-refractivity contribution >= 4 is 5.91 Å². The molecule has 1 amide bonds. The van der Waals surface area contributed by atoms with Crippen LogP contribution >= 0.6 is 0 Å². The largest absolute Gasteiger partial charge is 0.345 e. The summed E-state index contributed by atoms with van der Waals surface area (Å²) in [4.78, 5) is 16.9. The van der Waals surface area contributed by atoms with Crippen molar-refractivity contribution in [2.75, 3.05) is 6.54 Å². The van der Waals surface area contributed by atoms with Crippen molar-refractivity contribution in [2.24, 2.45) is 11.7 Å². The second kappa shape index (κ2) is 8.25. The highest BCUT2D eigenvalue weighted by Crippen LogP contribution is 2.23. The topological polar surface area (TPSA) is 85.8 Å². The van der Waals surface area contributed by atoms with Crippen LogP contribution in [0.15, 0.2) is 24.3 Å². The van der Waals surface area contributed by atoms with E-state index < -0.39 is 0 Å². The standard InChI is InChI=1S/C19H29N5O/c1-12(2)10-15(11-20)22-19(25)18-21-14(5)24(23-18)17-9-7-6-8-16(17)13(3)4/h6-9,12-13,15H,10-11,20H2,1-5H3,(H,22,25). The molecule has 1 atom stereocenters. The number of rotatable bonds is 7. The number of aromatic nitrogens is 3. The molecule has 6 heteroatoms. The summed E-state index contributed by atoms with van der Waals surface area (Å²) in [5, 5.41) is 7.38. The van der Waals surface area contributed by atoms with E-state index in [4.69, 9.17) is 5.73 Å². The average Bonchev–Trinajstić information content (AvgIpc) is 2.95. The first-order valence-electron chi connectivity index (χ1n) is 8.87. The van der Waals surface area contributed by atoms with Gasteiger partial charge in [-0.3, -0.25) is 4.79 Å². The first-order valence-corrected chi connectivity index (χ1v) is 8.87. The minimum Gasteiger partial charge on any atom is -0.345 e. The molecular weight excluding hydrogens is 314 g/mol. The van der Waals surface area contributed by atoms with E-state index in [2.05, 4.69) is 49.2 Å². The van der Waals surface area contributed by atoms with Crippen LogP contribution in [0.2, 0.25) is 0 Å². The fraction of sp³-hybridized carbons (Fsp3) is 0.526. The van der Waals surface area contributed by atoms with Crippen LogP contribution < -0.4 is 11.1 Å². The van der Waals surface area contributed by atoms with Gasteiger partial charge in [-0.05, 0) is 36.8 Å². The molecule has 0 fully saturated rings. The fourth-order valence-electron chi connectivity index (χ4n) is 2.92. The van der Waals surface area contributed by atoms with E-state index in [1.54, 1.807) is 4.68 Å². The summed E-state index contributed by atoms with van der Waals surface area (Å²) in [6, 6.07) is 7.99. The van der Waals surface area contributed by atoms with Gasteiger partial charge in [0.1, 0.15) is 5.82 Å². The molecule has 0 spiro atoms. The van der Waals surface area contributed by atoms with Crippen molar-refractivity contribution in [2.45, 2.75) is 53.0 Å². The lowest BCUT2D eigenvalue weighted by Gasteiger charge is -2.17. The lowest BCUT2D eigenvalue weighted by Crippen LogP contribution is -2.41. The van der Waals surface area contributed by atoms with Gasteiger partial charge in [0.05, 0.1) is 5.69 Å². The normalized spacial score (nSPS) is 12.6. The number of para-hydroxylation sites is 1. The molecule has 0 saturated heterocycles. The predicted octanol–water partition coefficient (Wildman–Crippen LogP) is 2.80. The van der Waals surface area contributed by atoms with Crippen LogP contribution in [0.1, 0.15) is 62.0 Å². The summed E-state index contributed by atoms with van der Waals surface area (Å²) in [6.07, 6.45) is 0.831. The van der Waals surface area contributed by atoms with E-state index in [1.165, 1.54) is 5.56 Å². The highest BCUT2D eigenvalue weighted by Gasteiger charge is 2.20. The van der Waals surface area contributed by atoms with Crippen LogP contribution in [-0.4, -0.2) is 33.3 Å². The molecule has 1 aromatic heterocycles. The third kappa shape index (κ3) is 4.66. The Morgan fingerprint density at radius 1 is 1.24 bits per heavy atom. The molecule has 136 valence electrons. The first kappa shape index (κ1) is 19.1. The Labute approximate surface area is 149 Å². The number of nitrogens with two attached hydrogens (primary N) is 1. The molecule has 0 aliphatic heterocycles. The molecule has 1 unspecified atom stereocenters. The minimum absolute atomic E-state index is 0.0669. The zero-order valence-corrected chi connectivity index (χ0v) is 15.8. The Kier molecular flexibility index (Phi) is 6.31.